The SMILES string of the molecule is COc1ccc(N2CCC(NC(=O)NCc3cc(Br)cs3)CC2)cc1. The molecular weight excluding hydrogens is 402 g/mol. The van der Waals surface area contributed by atoms with Crippen LogP contribution < -0.4 is 20.3 Å². The summed E-state index contributed by atoms with van der Waals surface area (Å²) in [5.74, 6) is 0.870. The van der Waals surface area contributed by atoms with Gasteiger partial charge >= 0.3 is 6.03 Å². The highest BCUT2D eigenvalue weighted by atomic mass is 79.9. The van der Waals surface area contributed by atoms with Gasteiger partial charge in [-0.25, -0.2) is 4.79 Å². The number of nitrogens with zero attached hydrogens (tertiary/aromatic N) is 1. The molecule has 1 aromatic heterocycles. The summed E-state index contributed by atoms with van der Waals surface area (Å²) in [5, 5.41) is 8.03. The van der Waals surface area contributed by atoms with Crippen molar-refractivity contribution in [2.24, 2.45) is 0 Å². The molecule has 7 heteroatoms. The van der Waals surface area contributed by atoms with Gasteiger partial charge in [0.15, 0.2) is 0 Å². The van der Waals surface area contributed by atoms with E-state index >= 15 is 0 Å². The van der Waals surface area contributed by atoms with Gasteiger partial charge in [-0.05, 0) is 59.1 Å². The summed E-state index contributed by atoms with van der Waals surface area (Å²) in [6, 6.07) is 10.3. The van der Waals surface area contributed by atoms with Crippen LogP contribution in [0.3, 0.4) is 0 Å². The van der Waals surface area contributed by atoms with Crippen LogP contribution in [-0.4, -0.2) is 32.3 Å². The quantitative estimate of drug-likeness (QED) is 0.764. The van der Waals surface area contributed by atoms with Crippen molar-refractivity contribution in [3.05, 3.63) is 45.1 Å². The predicted octanol–water partition coefficient (Wildman–Crippen LogP) is 3.99. The average molecular weight is 424 g/mol. The average Bonchev–Trinajstić information content (AvgIpc) is 3.06. The maximum absolute atomic E-state index is 12.1. The van der Waals surface area contributed by atoms with Crippen molar-refractivity contribution in [2.75, 3.05) is 25.1 Å². The maximum atomic E-state index is 12.1. The molecule has 1 aromatic carbocycles. The number of benzene rings is 1. The molecule has 1 aliphatic rings. The Kier molecular flexibility index (Phi) is 6.20. The van der Waals surface area contributed by atoms with Gasteiger partial charge in [-0.3, -0.25) is 0 Å². The minimum absolute atomic E-state index is 0.0904. The second-order valence-electron chi connectivity index (χ2n) is 6.02. The number of carbonyl (C=O) groups excluding carboxylic acids is 1. The Morgan fingerprint density at radius 2 is 2.04 bits per heavy atom. The Hall–Kier alpha value is -1.73. The van der Waals surface area contributed by atoms with Crippen LogP contribution in [0.4, 0.5) is 10.5 Å². The lowest BCUT2D eigenvalue weighted by molar-refractivity contribution is 0.234. The van der Waals surface area contributed by atoms with Crippen molar-refractivity contribution in [2.45, 2.75) is 25.4 Å². The van der Waals surface area contributed by atoms with E-state index in [1.807, 2.05) is 23.6 Å². The Labute approximate surface area is 160 Å². The Morgan fingerprint density at radius 1 is 1.32 bits per heavy atom. The number of hydrogen-bond acceptors (Lipinski definition) is 4. The summed E-state index contributed by atoms with van der Waals surface area (Å²) in [5.41, 5.74) is 1.20. The number of halogens is 1. The molecule has 0 spiro atoms. The molecule has 2 N–H and O–H groups in total. The Bertz CT molecular complexity index is 697. The summed E-state index contributed by atoms with van der Waals surface area (Å²) in [6.07, 6.45) is 1.90. The fourth-order valence-corrected chi connectivity index (χ4v) is 4.32. The smallest absolute Gasteiger partial charge is 0.315 e. The number of anilines is 1. The first-order valence-electron chi connectivity index (χ1n) is 8.30. The molecule has 5 nitrogen and oxygen atoms in total. The molecule has 1 fully saturated rings. The predicted molar refractivity (Wildman–Crippen MR) is 106 cm³/mol. The number of carbonyl (C=O) groups is 1. The van der Waals surface area contributed by atoms with Crippen LogP contribution in [0, 0.1) is 0 Å². The highest BCUT2D eigenvalue weighted by Crippen LogP contribution is 2.23. The van der Waals surface area contributed by atoms with Crippen molar-refractivity contribution < 1.29 is 9.53 Å². The van der Waals surface area contributed by atoms with E-state index in [0.29, 0.717) is 6.54 Å². The summed E-state index contributed by atoms with van der Waals surface area (Å²) in [7, 11) is 1.68. The number of methoxy groups -OCH3 is 1. The number of piperidine rings is 1. The summed E-state index contributed by atoms with van der Waals surface area (Å²) in [4.78, 5) is 15.5. The van der Waals surface area contributed by atoms with Crippen molar-refractivity contribution in [3.8, 4) is 5.75 Å². The molecule has 0 bridgehead atoms. The van der Waals surface area contributed by atoms with Gasteiger partial charge in [0.2, 0.25) is 0 Å². The van der Waals surface area contributed by atoms with Crippen molar-refractivity contribution >= 4 is 39.0 Å². The molecule has 1 aliphatic heterocycles. The van der Waals surface area contributed by atoms with Crippen molar-refractivity contribution in [3.63, 3.8) is 0 Å². The van der Waals surface area contributed by atoms with E-state index in [0.717, 1.165) is 41.0 Å². The normalized spacial score (nSPS) is 15.0. The van der Waals surface area contributed by atoms with Crippen LogP contribution in [0.2, 0.25) is 0 Å². The van der Waals surface area contributed by atoms with Crippen LogP contribution in [0.15, 0.2) is 40.2 Å². The largest absolute Gasteiger partial charge is 0.497 e. The molecule has 3 rings (SSSR count). The lowest BCUT2D eigenvalue weighted by Gasteiger charge is -2.34. The van der Waals surface area contributed by atoms with Gasteiger partial charge in [-0.2, -0.15) is 0 Å². The monoisotopic (exact) mass is 423 g/mol. The molecule has 1 saturated heterocycles. The third-order valence-corrected chi connectivity index (χ3v) is 6.01. The lowest BCUT2D eigenvalue weighted by atomic mass is 10.0. The van der Waals surface area contributed by atoms with E-state index < -0.39 is 0 Å². The van der Waals surface area contributed by atoms with Crippen LogP contribution in [0.25, 0.3) is 0 Å². The van der Waals surface area contributed by atoms with Gasteiger partial charge in [0.05, 0.1) is 13.7 Å². The lowest BCUT2D eigenvalue weighted by Crippen LogP contribution is -2.47. The van der Waals surface area contributed by atoms with Crippen LogP contribution in [-0.2, 0) is 6.54 Å². The second-order valence-corrected chi connectivity index (χ2v) is 7.93. The molecule has 2 heterocycles. The molecule has 2 amide bonds. The number of thiophene rings is 1. The topological polar surface area (TPSA) is 53.6 Å². The fourth-order valence-electron chi connectivity index (χ4n) is 2.93. The van der Waals surface area contributed by atoms with Crippen LogP contribution >= 0.6 is 27.3 Å². The summed E-state index contributed by atoms with van der Waals surface area (Å²) in [6.45, 7) is 2.44. The number of urea groups is 1. The zero-order valence-electron chi connectivity index (χ0n) is 14.1. The second kappa shape index (κ2) is 8.58. The molecular formula is C18H22BrN3O2S. The van der Waals surface area contributed by atoms with Gasteiger partial charge in [-0.15, -0.1) is 11.3 Å². The first kappa shape index (κ1) is 18.1. The first-order valence-corrected chi connectivity index (χ1v) is 9.97. The number of amides is 2. The van der Waals surface area contributed by atoms with Crippen LogP contribution in [0.1, 0.15) is 17.7 Å². The van der Waals surface area contributed by atoms with E-state index in [1.165, 1.54) is 5.69 Å². The molecule has 0 aliphatic carbocycles. The van der Waals surface area contributed by atoms with Crippen molar-refractivity contribution in [1.82, 2.24) is 10.6 Å². The molecule has 0 unspecified atom stereocenters. The number of hydrogen-bond donors (Lipinski definition) is 2. The van der Waals surface area contributed by atoms with Gasteiger partial charge in [0.25, 0.3) is 0 Å². The van der Waals surface area contributed by atoms with Gasteiger partial charge in [-0.1, -0.05) is 0 Å². The molecule has 2 aromatic rings. The van der Waals surface area contributed by atoms with Gasteiger partial charge in [0.1, 0.15) is 5.75 Å². The molecule has 0 atom stereocenters. The molecule has 134 valence electrons. The highest BCUT2D eigenvalue weighted by molar-refractivity contribution is 9.10. The fraction of sp³-hybridized carbons (Fsp3) is 0.389. The zero-order valence-corrected chi connectivity index (χ0v) is 16.5. The number of rotatable bonds is 5. The Balaban J connectivity index is 1.41. The third-order valence-electron chi connectivity index (χ3n) is 4.31. The molecule has 25 heavy (non-hydrogen) atoms. The standard InChI is InChI=1S/C18H22BrN3O2S/c1-24-16-4-2-15(3-5-16)22-8-6-14(7-9-22)21-18(23)20-11-17-10-13(19)12-25-17/h2-5,10,12,14H,6-9,11H2,1H3,(H2,20,21,23). The Morgan fingerprint density at radius 3 is 2.64 bits per heavy atom. The van der Waals surface area contributed by atoms with Gasteiger partial charge in [0, 0.05) is 39.5 Å². The van der Waals surface area contributed by atoms with E-state index in [2.05, 4.69) is 43.6 Å². The number of nitrogens with one attached hydrogen (secondary N) is 2. The minimum atomic E-state index is -0.0904. The summed E-state index contributed by atoms with van der Waals surface area (Å²) < 4.78 is 6.25. The maximum Gasteiger partial charge on any atom is 0.315 e. The molecule has 0 radical (unpaired) electrons. The zero-order chi connectivity index (χ0) is 17.6. The van der Waals surface area contributed by atoms with Crippen LogP contribution in [0.5, 0.6) is 5.75 Å². The van der Waals surface area contributed by atoms with E-state index in [9.17, 15) is 4.79 Å². The van der Waals surface area contributed by atoms with Crippen molar-refractivity contribution in [1.29, 1.82) is 0 Å². The highest BCUT2D eigenvalue weighted by Gasteiger charge is 2.20. The third kappa shape index (κ3) is 5.12. The minimum Gasteiger partial charge on any atom is -0.497 e. The molecule has 0 saturated carbocycles. The first-order chi connectivity index (χ1) is 12.1. The number of ether oxygens (including phenoxy) is 1. The van der Waals surface area contributed by atoms with E-state index in [4.69, 9.17) is 4.74 Å². The van der Waals surface area contributed by atoms with E-state index in [1.54, 1.807) is 18.4 Å². The summed E-state index contributed by atoms with van der Waals surface area (Å²) >= 11 is 5.06. The van der Waals surface area contributed by atoms with E-state index in [-0.39, 0.29) is 12.1 Å². The van der Waals surface area contributed by atoms with Gasteiger partial charge < -0.3 is 20.3 Å².